The number of carboxylic acid groups (broad SMARTS) is 1. The molecule has 0 aliphatic heterocycles. The Morgan fingerprint density at radius 2 is 2.00 bits per heavy atom. The van der Waals surface area contributed by atoms with Gasteiger partial charge in [-0.25, -0.2) is 4.79 Å². The number of aliphatic carboxylic acids is 1. The van der Waals surface area contributed by atoms with E-state index in [0.717, 1.165) is 30.2 Å². The third kappa shape index (κ3) is 5.57. The molecule has 1 heterocycles. The van der Waals surface area contributed by atoms with Gasteiger partial charge in [0.25, 0.3) is 5.91 Å². The van der Waals surface area contributed by atoms with Crippen LogP contribution in [0.1, 0.15) is 39.2 Å². The van der Waals surface area contributed by atoms with Crippen molar-refractivity contribution < 1.29 is 23.8 Å². The first-order chi connectivity index (χ1) is 12.8. The summed E-state index contributed by atoms with van der Waals surface area (Å²) in [6.45, 7) is 5.06. The zero-order valence-electron chi connectivity index (χ0n) is 15.7. The number of carbonyl (C=O) groups excluding carboxylic acids is 2. The molecular formula is C20H24NO6-. The molecule has 2 rings (SSSR count). The van der Waals surface area contributed by atoms with Crippen LogP contribution in [0.15, 0.2) is 33.5 Å². The van der Waals surface area contributed by atoms with E-state index in [1.54, 1.807) is 32.0 Å². The van der Waals surface area contributed by atoms with E-state index in [-0.39, 0.29) is 12.5 Å². The van der Waals surface area contributed by atoms with E-state index in [2.05, 4.69) is 12.2 Å². The van der Waals surface area contributed by atoms with Gasteiger partial charge in [0.1, 0.15) is 11.3 Å². The van der Waals surface area contributed by atoms with Crippen molar-refractivity contribution in [2.24, 2.45) is 5.92 Å². The van der Waals surface area contributed by atoms with Gasteiger partial charge in [-0.05, 0) is 36.5 Å². The number of amides is 1. The molecule has 1 amide bonds. The Balaban J connectivity index is 2.10. The van der Waals surface area contributed by atoms with Crippen LogP contribution >= 0.6 is 0 Å². The Hall–Kier alpha value is -2.83. The summed E-state index contributed by atoms with van der Waals surface area (Å²) in [4.78, 5) is 34.7. The topological polar surface area (TPSA) is 109 Å². The lowest BCUT2D eigenvalue weighted by Crippen LogP contribution is -2.51. The average Bonchev–Trinajstić information content (AvgIpc) is 2.61. The van der Waals surface area contributed by atoms with E-state index in [1.807, 2.05) is 0 Å². The summed E-state index contributed by atoms with van der Waals surface area (Å²) in [7, 11) is 0. The Bertz CT molecular complexity index is 870. The molecule has 7 heteroatoms. The van der Waals surface area contributed by atoms with E-state index < -0.39 is 23.5 Å². The molecule has 0 aliphatic rings. The van der Waals surface area contributed by atoms with Crippen LogP contribution < -0.4 is 20.8 Å². The molecule has 0 aliphatic carbocycles. The van der Waals surface area contributed by atoms with Gasteiger partial charge in [0.15, 0.2) is 6.61 Å². The summed E-state index contributed by atoms with van der Waals surface area (Å²) >= 11 is 0. The van der Waals surface area contributed by atoms with Crippen molar-refractivity contribution in [1.29, 1.82) is 0 Å². The molecule has 0 saturated heterocycles. The highest BCUT2D eigenvalue weighted by Gasteiger charge is 2.17. The molecule has 7 nitrogen and oxygen atoms in total. The molecule has 1 atom stereocenters. The second-order valence-corrected chi connectivity index (χ2v) is 6.75. The summed E-state index contributed by atoms with van der Waals surface area (Å²) in [6, 6.07) is 5.44. The standard InChI is InChI=1S/C20H25NO6/c1-4-5-6-13-9-18(23)27-16-10-14(7-8-15(13)16)26-11-17(22)21-19(12(2)3)20(24)25/h7-10,12,19H,4-6,11H2,1-3H3,(H,21,22)(H,24,25)/p-1/t19-/m0/s1. The first-order valence-electron chi connectivity index (χ1n) is 9.01. The number of carbonyl (C=O) groups is 2. The van der Waals surface area contributed by atoms with E-state index >= 15 is 0 Å². The number of carboxylic acids is 1. The number of ether oxygens (including phenoxy) is 1. The van der Waals surface area contributed by atoms with Crippen LogP contribution in [0.5, 0.6) is 5.75 Å². The normalized spacial score (nSPS) is 12.1. The molecule has 27 heavy (non-hydrogen) atoms. The maximum atomic E-state index is 11.9. The molecule has 0 unspecified atom stereocenters. The molecule has 0 spiro atoms. The summed E-state index contributed by atoms with van der Waals surface area (Å²) in [5.41, 5.74) is 0.875. The number of unbranched alkanes of at least 4 members (excludes halogenated alkanes) is 1. The van der Waals surface area contributed by atoms with Gasteiger partial charge in [-0.15, -0.1) is 0 Å². The molecule has 1 aromatic carbocycles. The largest absolute Gasteiger partial charge is 0.548 e. The zero-order chi connectivity index (χ0) is 20.0. The Labute approximate surface area is 157 Å². The minimum absolute atomic E-state index is 0.310. The zero-order valence-corrected chi connectivity index (χ0v) is 15.7. The van der Waals surface area contributed by atoms with Crippen LogP contribution in [0.4, 0.5) is 0 Å². The minimum Gasteiger partial charge on any atom is -0.548 e. The minimum atomic E-state index is -1.34. The summed E-state index contributed by atoms with van der Waals surface area (Å²) in [5, 5.41) is 14.2. The Morgan fingerprint density at radius 3 is 2.63 bits per heavy atom. The fraction of sp³-hybridized carbons (Fsp3) is 0.450. The van der Waals surface area contributed by atoms with Crippen LogP contribution in [0.3, 0.4) is 0 Å². The molecule has 0 saturated carbocycles. The fourth-order valence-corrected chi connectivity index (χ4v) is 2.74. The van der Waals surface area contributed by atoms with E-state index in [9.17, 15) is 19.5 Å². The number of hydrogen-bond acceptors (Lipinski definition) is 6. The number of fused-ring (bicyclic) bond motifs is 1. The predicted molar refractivity (Wildman–Crippen MR) is 98.4 cm³/mol. The molecule has 2 aromatic rings. The van der Waals surface area contributed by atoms with Crippen molar-refractivity contribution in [2.75, 3.05) is 6.61 Å². The number of benzene rings is 1. The number of aryl methyl sites for hydroxylation is 1. The smallest absolute Gasteiger partial charge is 0.336 e. The average molecular weight is 374 g/mol. The van der Waals surface area contributed by atoms with Gasteiger partial charge in [0, 0.05) is 17.5 Å². The first-order valence-corrected chi connectivity index (χ1v) is 9.01. The maximum absolute atomic E-state index is 11.9. The highest BCUT2D eigenvalue weighted by molar-refractivity contribution is 5.84. The first kappa shape index (κ1) is 20.5. The third-order valence-corrected chi connectivity index (χ3v) is 4.21. The molecular weight excluding hydrogens is 350 g/mol. The quantitative estimate of drug-likeness (QED) is 0.665. The highest BCUT2D eigenvalue weighted by atomic mass is 16.5. The van der Waals surface area contributed by atoms with Crippen molar-refractivity contribution in [2.45, 2.75) is 46.1 Å². The van der Waals surface area contributed by atoms with Crippen molar-refractivity contribution in [3.05, 3.63) is 40.2 Å². The van der Waals surface area contributed by atoms with Crippen molar-refractivity contribution >= 4 is 22.8 Å². The van der Waals surface area contributed by atoms with Crippen LogP contribution in [-0.4, -0.2) is 24.5 Å². The number of nitrogens with one attached hydrogen (secondary N) is 1. The molecule has 0 radical (unpaired) electrons. The molecule has 1 aromatic heterocycles. The van der Waals surface area contributed by atoms with Crippen molar-refractivity contribution in [3.63, 3.8) is 0 Å². The molecule has 146 valence electrons. The Morgan fingerprint density at radius 1 is 1.26 bits per heavy atom. The SMILES string of the molecule is CCCCc1cc(=O)oc2cc(OCC(=O)N[C@H](C(=O)[O-])C(C)C)ccc12. The van der Waals surface area contributed by atoms with Crippen molar-refractivity contribution in [1.82, 2.24) is 5.32 Å². The lowest BCUT2D eigenvalue weighted by atomic mass is 10.0. The molecule has 0 fully saturated rings. The summed E-state index contributed by atoms with van der Waals surface area (Å²) in [5.74, 6) is -1.87. The molecule has 0 bridgehead atoms. The van der Waals surface area contributed by atoms with Gasteiger partial charge >= 0.3 is 5.63 Å². The second-order valence-electron chi connectivity index (χ2n) is 6.75. The fourth-order valence-electron chi connectivity index (χ4n) is 2.74. The summed E-state index contributed by atoms with van der Waals surface area (Å²) < 4.78 is 10.6. The lowest BCUT2D eigenvalue weighted by Gasteiger charge is -2.23. The number of rotatable bonds is 9. The van der Waals surface area contributed by atoms with Gasteiger partial charge in [-0.2, -0.15) is 0 Å². The lowest BCUT2D eigenvalue weighted by molar-refractivity contribution is -0.309. The van der Waals surface area contributed by atoms with Gasteiger partial charge in [-0.3, -0.25) is 4.79 Å². The van der Waals surface area contributed by atoms with E-state index in [1.165, 1.54) is 6.07 Å². The highest BCUT2D eigenvalue weighted by Crippen LogP contribution is 2.23. The number of hydrogen-bond donors (Lipinski definition) is 1. The van der Waals surface area contributed by atoms with Crippen LogP contribution in [0.2, 0.25) is 0 Å². The van der Waals surface area contributed by atoms with Crippen LogP contribution in [0.25, 0.3) is 11.0 Å². The van der Waals surface area contributed by atoms with E-state index in [0.29, 0.717) is 11.3 Å². The monoisotopic (exact) mass is 374 g/mol. The van der Waals surface area contributed by atoms with Crippen LogP contribution in [-0.2, 0) is 16.0 Å². The maximum Gasteiger partial charge on any atom is 0.336 e. The van der Waals surface area contributed by atoms with Gasteiger partial charge in [0.2, 0.25) is 0 Å². The predicted octanol–water partition coefficient (Wildman–Crippen LogP) is 1.41. The Kier molecular flexibility index (Phi) is 6.98. The van der Waals surface area contributed by atoms with Gasteiger partial charge < -0.3 is 24.4 Å². The third-order valence-electron chi connectivity index (χ3n) is 4.21. The van der Waals surface area contributed by atoms with Crippen molar-refractivity contribution in [3.8, 4) is 5.75 Å². The van der Waals surface area contributed by atoms with Gasteiger partial charge in [-0.1, -0.05) is 27.2 Å². The van der Waals surface area contributed by atoms with Gasteiger partial charge in [0.05, 0.1) is 12.0 Å². The second kappa shape index (κ2) is 9.21. The molecule has 1 N–H and O–H groups in total. The van der Waals surface area contributed by atoms with Crippen LogP contribution in [0, 0.1) is 5.92 Å². The summed E-state index contributed by atoms with van der Waals surface area (Å²) in [6.07, 6.45) is 2.76. The van der Waals surface area contributed by atoms with E-state index in [4.69, 9.17) is 9.15 Å².